The molecule has 2 N–H and O–H groups in total. The van der Waals surface area contributed by atoms with Crippen molar-refractivity contribution < 1.29 is 14.7 Å². The maximum Gasteiger partial charge on any atom is 0.335 e. The normalized spacial score (nSPS) is 14.1. The maximum absolute atomic E-state index is 11.0. The summed E-state index contributed by atoms with van der Waals surface area (Å²) in [7, 11) is 0. The van der Waals surface area contributed by atoms with Gasteiger partial charge in [-0.15, -0.1) is 0 Å². The number of hydrogen-bond donors (Lipinski definition) is 2. The van der Waals surface area contributed by atoms with E-state index in [1.54, 1.807) is 18.2 Å². The van der Waals surface area contributed by atoms with Gasteiger partial charge in [0.15, 0.2) is 5.54 Å². The first-order chi connectivity index (χ1) is 6.61. The Labute approximate surface area is 80.8 Å². The lowest BCUT2D eigenvalue weighted by Crippen LogP contribution is -2.46. The lowest BCUT2D eigenvalue weighted by Gasteiger charge is -2.22. The lowest BCUT2D eigenvalue weighted by atomic mass is 9.98. The largest absolute Gasteiger partial charge is 0.479 e. The molecule has 1 amide bonds. The van der Waals surface area contributed by atoms with Crippen LogP contribution in [0.4, 0.5) is 0 Å². The first kappa shape index (κ1) is 10.2. The zero-order valence-corrected chi connectivity index (χ0v) is 7.60. The molecule has 1 aromatic rings. The molecule has 5 heteroatoms. The molecular formula is C9H10N2O3. The van der Waals surface area contributed by atoms with Crippen molar-refractivity contribution >= 4 is 12.4 Å². The van der Waals surface area contributed by atoms with Crippen LogP contribution in [-0.2, 0) is 15.1 Å². The van der Waals surface area contributed by atoms with E-state index in [4.69, 9.17) is 5.11 Å². The van der Waals surface area contributed by atoms with Crippen LogP contribution in [0.15, 0.2) is 24.4 Å². The highest BCUT2D eigenvalue weighted by Gasteiger charge is 2.35. The minimum Gasteiger partial charge on any atom is -0.479 e. The number of nitrogens with zero attached hydrogens (tertiary/aromatic N) is 1. The van der Waals surface area contributed by atoms with Crippen molar-refractivity contribution in [2.24, 2.45) is 0 Å². The fourth-order valence-electron chi connectivity index (χ4n) is 1.02. The average molecular weight is 194 g/mol. The van der Waals surface area contributed by atoms with Crippen molar-refractivity contribution in [2.45, 2.75) is 12.5 Å². The molecule has 1 rings (SSSR count). The van der Waals surface area contributed by atoms with Gasteiger partial charge in [-0.2, -0.15) is 0 Å². The maximum atomic E-state index is 11.0. The molecule has 0 fully saturated rings. The van der Waals surface area contributed by atoms with Gasteiger partial charge in [0.1, 0.15) is 0 Å². The van der Waals surface area contributed by atoms with Crippen molar-refractivity contribution in [1.82, 2.24) is 10.3 Å². The van der Waals surface area contributed by atoms with Crippen LogP contribution in [0.2, 0.25) is 0 Å². The Morgan fingerprint density at radius 1 is 1.64 bits per heavy atom. The molecule has 14 heavy (non-hydrogen) atoms. The van der Waals surface area contributed by atoms with Gasteiger partial charge in [-0.05, 0) is 19.1 Å². The number of carboxylic acid groups (broad SMARTS) is 1. The minimum absolute atomic E-state index is 0.291. The van der Waals surface area contributed by atoms with Crippen LogP contribution in [-0.4, -0.2) is 22.5 Å². The number of aliphatic carboxylic acids is 1. The van der Waals surface area contributed by atoms with E-state index >= 15 is 0 Å². The molecule has 0 aliphatic carbocycles. The van der Waals surface area contributed by atoms with Crippen LogP contribution in [0.5, 0.6) is 0 Å². The Bertz CT molecular complexity index is 339. The molecule has 0 aliphatic rings. The Hall–Kier alpha value is -1.91. The Morgan fingerprint density at radius 3 is 2.79 bits per heavy atom. The number of carbonyl (C=O) groups excluding carboxylic acids is 1. The monoisotopic (exact) mass is 194 g/mol. The molecule has 0 saturated carbocycles. The molecule has 1 atom stereocenters. The van der Waals surface area contributed by atoms with Crippen LogP contribution < -0.4 is 5.32 Å². The van der Waals surface area contributed by atoms with Crippen LogP contribution in [0.3, 0.4) is 0 Å². The highest BCUT2D eigenvalue weighted by Crippen LogP contribution is 2.17. The predicted octanol–water partition coefficient (Wildman–Crippen LogP) is 0.127. The molecule has 1 unspecified atom stereocenters. The number of pyridine rings is 1. The van der Waals surface area contributed by atoms with Crippen LogP contribution in [0, 0.1) is 0 Å². The highest BCUT2D eigenvalue weighted by atomic mass is 16.4. The fraction of sp³-hybridized carbons (Fsp3) is 0.222. The quantitative estimate of drug-likeness (QED) is 0.667. The van der Waals surface area contributed by atoms with E-state index in [2.05, 4.69) is 10.3 Å². The van der Waals surface area contributed by atoms with Gasteiger partial charge in [-0.3, -0.25) is 9.78 Å². The summed E-state index contributed by atoms with van der Waals surface area (Å²) in [5.74, 6) is -1.15. The zero-order chi connectivity index (χ0) is 10.6. The summed E-state index contributed by atoms with van der Waals surface area (Å²) in [5, 5.41) is 11.2. The number of amides is 1. The van der Waals surface area contributed by atoms with Gasteiger partial charge >= 0.3 is 5.97 Å². The number of carboxylic acids is 1. The summed E-state index contributed by atoms with van der Waals surface area (Å²) in [6.45, 7) is 1.38. The van der Waals surface area contributed by atoms with Gasteiger partial charge in [0.2, 0.25) is 6.41 Å². The van der Waals surface area contributed by atoms with Crippen molar-refractivity contribution in [3.8, 4) is 0 Å². The highest BCUT2D eigenvalue weighted by molar-refractivity contribution is 5.82. The first-order valence-electron chi connectivity index (χ1n) is 3.97. The van der Waals surface area contributed by atoms with E-state index in [0.29, 0.717) is 12.1 Å². The van der Waals surface area contributed by atoms with Gasteiger partial charge in [-0.1, -0.05) is 6.07 Å². The van der Waals surface area contributed by atoms with Crippen LogP contribution in [0.1, 0.15) is 12.6 Å². The molecule has 1 heterocycles. The number of nitrogens with one attached hydrogen (secondary N) is 1. The van der Waals surface area contributed by atoms with Gasteiger partial charge < -0.3 is 10.4 Å². The third-order valence-electron chi connectivity index (χ3n) is 1.95. The van der Waals surface area contributed by atoms with Crippen molar-refractivity contribution in [2.75, 3.05) is 0 Å². The summed E-state index contributed by atoms with van der Waals surface area (Å²) < 4.78 is 0. The topological polar surface area (TPSA) is 79.3 Å². The summed E-state index contributed by atoms with van der Waals surface area (Å²) >= 11 is 0. The third kappa shape index (κ3) is 1.71. The first-order valence-corrected chi connectivity index (χ1v) is 3.97. The number of aromatic nitrogens is 1. The molecule has 0 aliphatic heterocycles. The SMILES string of the molecule is CC(NC=O)(C(=O)O)c1ccccn1. The number of hydrogen-bond acceptors (Lipinski definition) is 3. The Balaban J connectivity index is 3.12. The second-order valence-electron chi connectivity index (χ2n) is 2.91. The van der Waals surface area contributed by atoms with E-state index in [1.165, 1.54) is 13.1 Å². The molecule has 0 bridgehead atoms. The average Bonchev–Trinajstić information content (AvgIpc) is 2.19. The second-order valence-corrected chi connectivity index (χ2v) is 2.91. The molecule has 74 valence electrons. The third-order valence-corrected chi connectivity index (χ3v) is 1.95. The minimum atomic E-state index is -1.47. The second kappa shape index (κ2) is 3.87. The Morgan fingerprint density at radius 2 is 2.36 bits per heavy atom. The standard InChI is InChI=1S/C9H10N2O3/c1-9(8(13)14,11-6-12)7-4-2-3-5-10-7/h2-6H,1H3,(H,11,12)(H,13,14). The van der Waals surface area contributed by atoms with E-state index in [0.717, 1.165) is 0 Å². The predicted molar refractivity (Wildman–Crippen MR) is 48.4 cm³/mol. The van der Waals surface area contributed by atoms with E-state index in [9.17, 15) is 9.59 Å². The van der Waals surface area contributed by atoms with Gasteiger partial charge in [0.05, 0.1) is 5.69 Å². The molecule has 0 radical (unpaired) electrons. The van der Waals surface area contributed by atoms with Crippen LogP contribution in [0.25, 0.3) is 0 Å². The van der Waals surface area contributed by atoms with Gasteiger partial charge in [-0.25, -0.2) is 4.79 Å². The molecular weight excluding hydrogens is 184 g/mol. The summed E-state index contributed by atoms with van der Waals surface area (Å²) in [6, 6.07) is 4.88. The van der Waals surface area contributed by atoms with Crippen molar-refractivity contribution in [1.29, 1.82) is 0 Å². The molecule has 0 spiro atoms. The summed E-state index contributed by atoms with van der Waals surface area (Å²) in [5.41, 5.74) is -1.18. The van der Waals surface area contributed by atoms with Gasteiger partial charge in [0.25, 0.3) is 0 Å². The Kier molecular flexibility index (Phi) is 2.81. The van der Waals surface area contributed by atoms with Gasteiger partial charge in [0, 0.05) is 6.20 Å². The van der Waals surface area contributed by atoms with Crippen molar-refractivity contribution in [3.05, 3.63) is 30.1 Å². The van der Waals surface area contributed by atoms with Crippen molar-refractivity contribution in [3.63, 3.8) is 0 Å². The molecule has 5 nitrogen and oxygen atoms in total. The van der Waals surface area contributed by atoms with E-state index in [-0.39, 0.29) is 0 Å². The lowest BCUT2D eigenvalue weighted by molar-refractivity contribution is -0.146. The van der Waals surface area contributed by atoms with Crippen LogP contribution >= 0.6 is 0 Å². The number of rotatable bonds is 4. The van der Waals surface area contributed by atoms with E-state index < -0.39 is 11.5 Å². The van der Waals surface area contributed by atoms with E-state index in [1.807, 2.05) is 0 Å². The zero-order valence-electron chi connectivity index (χ0n) is 7.60. The molecule has 0 aromatic carbocycles. The molecule has 0 saturated heterocycles. The molecule has 1 aromatic heterocycles. The number of carbonyl (C=O) groups is 2. The smallest absolute Gasteiger partial charge is 0.335 e. The summed E-state index contributed by atoms with van der Waals surface area (Å²) in [4.78, 5) is 25.1. The fourth-order valence-corrected chi connectivity index (χ4v) is 1.02. The summed E-state index contributed by atoms with van der Waals surface area (Å²) in [6.07, 6.45) is 1.83.